The van der Waals surface area contributed by atoms with E-state index in [4.69, 9.17) is 26.7 Å². The van der Waals surface area contributed by atoms with Crippen molar-refractivity contribution in [3.63, 3.8) is 0 Å². The maximum absolute atomic E-state index is 13.4. The number of rotatable bonds is 14. The lowest BCUT2D eigenvalue weighted by molar-refractivity contribution is -0.118. The van der Waals surface area contributed by atoms with Crippen molar-refractivity contribution >= 4 is 85.4 Å². The van der Waals surface area contributed by atoms with E-state index < -0.39 is 35.5 Å². The van der Waals surface area contributed by atoms with Crippen molar-refractivity contribution in [2.45, 2.75) is 26.8 Å². The number of benzene rings is 4. The lowest BCUT2D eigenvalue weighted by Gasteiger charge is -2.26. The summed E-state index contributed by atoms with van der Waals surface area (Å²) >= 11 is 2.08. The first kappa shape index (κ1) is 43.1. The van der Waals surface area contributed by atoms with Crippen LogP contribution in [0.2, 0.25) is 0 Å². The van der Waals surface area contributed by atoms with Crippen LogP contribution in [0.1, 0.15) is 72.0 Å². The van der Waals surface area contributed by atoms with Gasteiger partial charge in [0.05, 0.1) is 24.3 Å². The van der Waals surface area contributed by atoms with Crippen LogP contribution in [0.15, 0.2) is 97.1 Å². The maximum Gasteiger partial charge on any atom is 0.338 e. The molecule has 304 valence electrons. The number of ether oxygens (including phenoxy) is 2. The predicted octanol–water partition coefficient (Wildman–Crippen LogP) is 7.30. The normalized spacial score (nSPS) is 11.1. The highest BCUT2D eigenvalue weighted by Gasteiger charge is 2.28. The first-order chi connectivity index (χ1) is 28.2. The molecule has 1 atom stereocenters. The number of esters is 2. The van der Waals surface area contributed by atoms with E-state index in [1.807, 2.05) is 0 Å². The van der Waals surface area contributed by atoms with Crippen molar-refractivity contribution in [3.8, 4) is 0 Å². The summed E-state index contributed by atoms with van der Waals surface area (Å²) in [6.07, 6.45) is 0. The number of hydrogen-bond acceptors (Lipinski definition) is 15. The van der Waals surface area contributed by atoms with Gasteiger partial charge in [0.2, 0.25) is 17.5 Å². The topological polar surface area (TPSA) is 223 Å². The van der Waals surface area contributed by atoms with Gasteiger partial charge < -0.3 is 36.9 Å². The first-order valence-corrected chi connectivity index (χ1v) is 19.4. The van der Waals surface area contributed by atoms with Crippen LogP contribution in [-0.4, -0.2) is 58.6 Å². The Morgan fingerprint density at radius 2 is 1.08 bits per heavy atom. The number of hydrogen-bond donors (Lipinski definition) is 4. The van der Waals surface area contributed by atoms with Gasteiger partial charge in [0, 0.05) is 22.5 Å². The van der Waals surface area contributed by atoms with E-state index in [1.165, 1.54) is 77.7 Å². The average molecular weight is 842 g/mol. The van der Waals surface area contributed by atoms with E-state index in [0.717, 1.165) is 22.7 Å². The van der Waals surface area contributed by atoms with Gasteiger partial charge in [0.15, 0.2) is 10.3 Å². The Bertz CT molecular complexity index is 2460. The second kappa shape index (κ2) is 19.4. The van der Waals surface area contributed by atoms with E-state index in [9.17, 15) is 32.8 Å². The lowest BCUT2D eigenvalue weighted by Crippen LogP contribution is -2.39. The molecule has 0 fully saturated rings. The molecule has 7 N–H and O–H groups in total. The Kier molecular flexibility index (Phi) is 14.2. The zero-order valence-corrected chi connectivity index (χ0v) is 33.4. The van der Waals surface area contributed by atoms with E-state index in [2.05, 4.69) is 15.3 Å². The smallest absolute Gasteiger partial charge is 0.338 e. The van der Waals surface area contributed by atoms with Gasteiger partial charge in [-0.1, -0.05) is 46.9 Å². The fourth-order valence-electron chi connectivity index (χ4n) is 5.23. The van der Waals surface area contributed by atoms with Gasteiger partial charge in [-0.3, -0.25) is 14.4 Å². The summed E-state index contributed by atoms with van der Waals surface area (Å²) in [5.41, 5.74) is 19.8. The van der Waals surface area contributed by atoms with E-state index in [-0.39, 0.29) is 51.3 Å². The molecule has 6 aromatic rings. The van der Waals surface area contributed by atoms with E-state index in [1.54, 1.807) is 45.0 Å². The summed E-state index contributed by atoms with van der Waals surface area (Å²) in [5.74, 6) is -2.97. The number of nitrogens with one attached hydrogen (secondary N) is 1. The van der Waals surface area contributed by atoms with Gasteiger partial charge in [-0.2, -0.15) is 0 Å². The molecule has 0 aliphatic carbocycles. The second-order valence-corrected chi connectivity index (χ2v) is 14.2. The third-order valence-corrected chi connectivity index (χ3v) is 10.3. The van der Waals surface area contributed by atoms with Crippen LogP contribution in [0.5, 0.6) is 0 Å². The second-order valence-electron chi connectivity index (χ2n) is 12.3. The minimum atomic E-state index is -0.835. The first-order valence-electron chi connectivity index (χ1n) is 17.7. The number of nitrogens with two attached hydrogens (primary N) is 3. The third-order valence-electron chi connectivity index (χ3n) is 8.23. The van der Waals surface area contributed by atoms with Crippen LogP contribution in [0.25, 0.3) is 0 Å². The molecule has 4 aromatic carbocycles. The minimum Gasteiger partial charge on any atom is -0.462 e. The van der Waals surface area contributed by atoms with Gasteiger partial charge in [-0.25, -0.2) is 28.3 Å². The number of ketones is 2. The quantitative estimate of drug-likeness (QED) is 0.0625. The lowest BCUT2D eigenvalue weighted by atomic mass is 10.1. The molecule has 1 amide bonds. The largest absolute Gasteiger partial charge is 0.462 e. The molecule has 2 aromatic heterocycles. The van der Waals surface area contributed by atoms with Crippen LogP contribution in [0, 0.1) is 11.6 Å². The number of primary amides is 1. The van der Waals surface area contributed by atoms with Crippen molar-refractivity contribution in [1.29, 1.82) is 0 Å². The fourth-order valence-corrected chi connectivity index (χ4v) is 7.14. The van der Waals surface area contributed by atoms with Gasteiger partial charge in [0.1, 0.15) is 39.1 Å². The molecule has 6 rings (SSSR count). The predicted molar refractivity (Wildman–Crippen MR) is 222 cm³/mol. The number of anilines is 6. The van der Waals surface area contributed by atoms with Crippen molar-refractivity contribution in [2.75, 3.05) is 34.9 Å². The number of amides is 1. The van der Waals surface area contributed by atoms with Crippen LogP contribution >= 0.6 is 22.7 Å². The zero-order valence-electron chi connectivity index (χ0n) is 31.7. The highest BCUT2D eigenvalue weighted by atomic mass is 32.1. The van der Waals surface area contributed by atoms with Crippen LogP contribution in [0.3, 0.4) is 0 Å². The Morgan fingerprint density at radius 3 is 1.54 bits per heavy atom. The molecule has 0 aliphatic heterocycles. The Balaban J connectivity index is 0.000000227. The van der Waals surface area contributed by atoms with Gasteiger partial charge in [-0.05, 0) is 93.6 Å². The number of thiazole rings is 2. The Hall–Kier alpha value is -7.05. The molecule has 59 heavy (non-hydrogen) atoms. The molecule has 18 heteroatoms. The van der Waals surface area contributed by atoms with E-state index in [0.29, 0.717) is 38.8 Å². The Labute approximate surface area is 344 Å². The number of aromatic nitrogens is 2. The summed E-state index contributed by atoms with van der Waals surface area (Å²) in [5, 5.41) is 3.66. The molecular formula is C41H37F2N7O7S2. The molecule has 0 aliphatic rings. The number of nitrogens with zero attached hydrogens (tertiary/aromatic N) is 3. The number of nitrogen functional groups attached to an aromatic ring is 2. The molecule has 0 bridgehead atoms. The Morgan fingerprint density at radius 1 is 0.661 bits per heavy atom. The van der Waals surface area contributed by atoms with Crippen molar-refractivity contribution in [1.82, 2.24) is 9.97 Å². The molecule has 0 saturated heterocycles. The summed E-state index contributed by atoms with van der Waals surface area (Å²) in [6.45, 7) is 5.52. The van der Waals surface area contributed by atoms with Crippen molar-refractivity contribution < 1.29 is 42.2 Å². The van der Waals surface area contributed by atoms with Gasteiger partial charge >= 0.3 is 11.9 Å². The molecule has 0 saturated carbocycles. The maximum atomic E-state index is 13.4. The highest BCUT2D eigenvalue weighted by Crippen LogP contribution is 2.36. The van der Waals surface area contributed by atoms with Gasteiger partial charge in [-0.15, -0.1) is 0 Å². The molecule has 0 spiro atoms. The SMILES string of the molecule is CCOC(=O)c1ccc(C(=O)c2sc(N(c3ccc(F)cc3)[C@H](C)C(N)=O)nc2N)cc1.CCOC(=O)c1ccc(C(=O)c2sc(Nc3ccc(F)cc3)nc2N)cc1. The zero-order chi connectivity index (χ0) is 42.8. The van der Waals surface area contributed by atoms with Crippen LogP contribution < -0.4 is 27.4 Å². The molecule has 14 nitrogen and oxygen atoms in total. The van der Waals surface area contributed by atoms with Crippen LogP contribution in [-0.2, 0) is 14.3 Å². The molecule has 0 radical (unpaired) electrons. The molecule has 2 heterocycles. The van der Waals surface area contributed by atoms with Crippen molar-refractivity contribution in [3.05, 3.63) is 141 Å². The summed E-state index contributed by atoms with van der Waals surface area (Å²) < 4.78 is 36.2. The monoisotopic (exact) mass is 841 g/mol. The molecular weight excluding hydrogens is 805 g/mol. The molecule has 0 unspecified atom stereocenters. The fraction of sp³-hybridized carbons (Fsp3) is 0.146. The van der Waals surface area contributed by atoms with Gasteiger partial charge in [0.25, 0.3) is 0 Å². The summed E-state index contributed by atoms with van der Waals surface area (Å²) in [7, 11) is 0. The number of carbonyl (C=O) groups excluding carboxylic acids is 5. The van der Waals surface area contributed by atoms with E-state index >= 15 is 0 Å². The summed E-state index contributed by atoms with van der Waals surface area (Å²) in [6, 6.07) is 22.5. The van der Waals surface area contributed by atoms with Crippen molar-refractivity contribution in [2.24, 2.45) is 5.73 Å². The average Bonchev–Trinajstić information content (AvgIpc) is 3.80. The number of carbonyl (C=O) groups is 5. The summed E-state index contributed by atoms with van der Waals surface area (Å²) in [4.78, 5) is 71.4. The minimum absolute atomic E-state index is 0.0201. The number of halogens is 2. The third kappa shape index (κ3) is 10.7. The highest BCUT2D eigenvalue weighted by molar-refractivity contribution is 7.18. The standard InChI is InChI=1S/C22H21FN4O4S.C19H16FN3O3S/c1-3-31-21(30)14-6-4-13(5-7-14)17(28)18-19(24)26-22(32-18)27(12(2)20(25)29)16-10-8-15(23)9-11-16;1-2-26-18(25)12-5-3-11(4-6-12)15(24)16-17(21)23-19(27-16)22-14-9-7-13(20)8-10-14/h4-12H,3,24H2,1-2H3,(H2,25,29);3-10H,2,21H2,1H3,(H,22,23)/t12-;/m1./s1. The van der Waals surface area contributed by atoms with Crippen LogP contribution in [0.4, 0.5) is 42.1 Å².